The highest BCUT2D eigenvalue weighted by Gasteiger charge is 2.14. The third kappa shape index (κ3) is 7.02. The summed E-state index contributed by atoms with van der Waals surface area (Å²) in [6.45, 7) is 13.8. The van der Waals surface area contributed by atoms with Crippen LogP contribution in [0.2, 0.25) is 0 Å². The third-order valence-corrected chi connectivity index (χ3v) is 2.75. The number of aliphatic imine (C=N–C) groups is 1. The second-order valence-corrected chi connectivity index (χ2v) is 6.80. The average Bonchev–Trinajstić information content (AvgIpc) is 2.33. The Hall–Kier alpha value is -1.71. The number of aryl methyl sites for hydroxylation is 1. The Morgan fingerprint density at radius 3 is 2.57 bits per heavy atom. The van der Waals surface area contributed by atoms with Crippen molar-refractivity contribution in [2.45, 2.75) is 53.7 Å². The van der Waals surface area contributed by atoms with Crippen LogP contribution in [-0.4, -0.2) is 18.1 Å². The Labute approximate surface area is 128 Å². The summed E-state index contributed by atoms with van der Waals surface area (Å²) in [5.41, 5.74) is 7.87. The Bertz CT molecular complexity index is 487. The molecule has 0 aromatic heterocycles. The van der Waals surface area contributed by atoms with Gasteiger partial charge < -0.3 is 15.8 Å². The van der Waals surface area contributed by atoms with Crippen molar-refractivity contribution in [3.63, 3.8) is 0 Å². The van der Waals surface area contributed by atoms with Crippen LogP contribution in [0.3, 0.4) is 0 Å². The fourth-order valence-electron chi connectivity index (χ4n) is 1.75. The number of nitrogens with two attached hydrogens (primary N) is 1. The van der Waals surface area contributed by atoms with Gasteiger partial charge in [-0.05, 0) is 45.2 Å². The number of benzene rings is 1. The molecule has 0 heterocycles. The topological polar surface area (TPSA) is 59.6 Å². The van der Waals surface area contributed by atoms with Gasteiger partial charge >= 0.3 is 0 Å². The highest BCUT2D eigenvalue weighted by atomic mass is 16.5. The van der Waals surface area contributed by atoms with Gasteiger partial charge in [0, 0.05) is 12.1 Å². The first kappa shape index (κ1) is 17.3. The van der Waals surface area contributed by atoms with Gasteiger partial charge in [0.1, 0.15) is 11.4 Å². The van der Waals surface area contributed by atoms with Crippen molar-refractivity contribution in [2.75, 3.05) is 6.54 Å². The van der Waals surface area contributed by atoms with E-state index in [0.29, 0.717) is 18.4 Å². The molecule has 0 atom stereocenters. The number of rotatable bonds is 5. The lowest BCUT2D eigenvalue weighted by atomic mass is 10.1. The second-order valence-electron chi connectivity index (χ2n) is 6.80. The van der Waals surface area contributed by atoms with Crippen LogP contribution in [0, 0.1) is 12.8 Å². The summed E-state index contributed by atoms with van der Waals surface area (Å²) >= 11 is 0. The van der Waals surface area contributed by atoms with E-state index in [4.69, 9.17) is 10.5 Å². The van der Waals surface area contributed by atoms with Gasteiger partial charge in [-0.25, -0.2) is 4.99 Å². The quantitative estimate of drug-likeness (QED) is 0.647. The van der Waals surface area contributed by atoms with Gasteiger partial charge in [0.25, 0.3) is 0 Å². The standard InChI is InChI=1S/C17H29N3O/c1-12(2)10-19-16(18)20-11-14-8-7-13(3)9-15(14)21-17(4,5)6/h7-9,12H,10-11H2,1-6H3,(H3,18,19,20). The summed E-state index contributed by atoms with van der Waals surface area (Å²) < 4.78 is 6.01. The van der Waals surface area contributed by atoms with E-state index in [9.17, 15) is 0 Å². The summed E-state index contributed by atoms with van der Waals surface area (Å²) in [7, 11) is 0. The van der Waals surface area contributed by atoms with E-state index in [-0.39, 0.29) is 5.60 Å². The van der Waals surface area contributed by atoms with Gasteiger partial charge in [-0.2, -0.15) is 0 Å². The molecule has 0 radical (unpaired) electrons. The number of hydrogen-bond acceptors (Lipinski definition) is 2. The van der Waals surface area contributed by atoms with Gasteiger partial charge in [0.2, 0.25) is 0 Å². The normalized spacial score (nSPS) is 12.6. The molecule has 4 nitrogen and oxygen atoms in total. The molecule has 0 fully saturated rings. The van der Waals surface area contributed by atoms with Crippen molar-refractivity contribution in [3.05, 3.63) is 29.3 Å². The number of nitrogens with one attached hydrogen (secondary N) is 1. The van der Waals surface area contributed by atoms with Crippen LogP contribution in [0.5, 0.6) is 5.75 Å². The van der Waals surface area contributed by atoms with Crippen molar-refractivity contribution in [1.29, 1.82) is 0 Å². The lowest BCUT2D eigenvalue weighted by molar-refractivity contribution is 0.129. The number of nitrogens with zero attached hydrogens (tertiary/aromatic N) is 1. The molecule has 4 heteroatoms. The molecule has 0 saturated heterocycles. The average molecular weight is 291 g/mol. The van der Waals surface area contributed by atoms with Crippen molar-refractivity contribution >= 4 is 5.96 Å². The van der Waals surface area contributed by atoms with Crippen molar-refractivity contribution in [2.24, 2.45) is 16.6 Å². The summed E-state index contributed by atoms with van der Waals surface area (Å²) in [5, 5.41) is 3.12. The lowest BCUT2D eigenvalue weighted by Crippen LogP contribution is -2.34. The first-order chi connectivity index (χ1) is 9.67. The predicted molar refractivity (Wildman–Crippen MR) is 89.7 cm³/mol. The van der Waals surface area contributed by atoms with Crippen LogP contribution in [0.1, 0.15) is 45.7 Å². The molecule has 1 rings (SSSR count). The molecular weight excluding hydrogens is 262 g/mol. The molecule has 0 saturated carbocycles. The smallest absolute Gasteiger partial charge is 0.188 e. The molecule has 21 heavy (non-hydrogen) atoms. The molecular formula is C17H29N3O. The van der Waals surface area contributed by atoms with Crippen LogP contribution >= 0.6 is 0 Å². The van der Waals surface area contributed by atoms with Crippen LogP contribution in [0.4, 0.5) is 0 Å². The van der Waals surface area contributed by atoms with Crippen molar-refractivity contribution in [1.82, 2.24) is 5.32 Å². The maximum absolute atomic E-state index is 6.01. The molecule has 0 unspecified atom stereocenters. The first-order valence-corrected chi connectivity index (χ1v) is 7.49. The monoisotopic (exact) mass is 291 g/mol. The van der Waals surface area contributed by atoms with E-state index >= 15 is 0 Å². The summed E-state index contributed by atoms with van der Waals surface area (Å²) in [6.07, 6.45) is 0. The zero-order valence-electron chi connectivity index (χ0n) is 14.2. The highest BCUT2D eigenvalue weighted by Crippen LogP contribution is 2.25. The fourth-order valence-corrected chi connectivity index (χ4v) is 1.75. The maximum atomic E-state index is 6.01. The van der Waals surface area contributed by atoms with E-state index in [1.807, 2.05) is 26.8 Å². The summed E-state index contributed by atoms with van der Waals surface area (Å²) in [6, 6.07) is 6.17. The molecule has 1 aromatic rings. The minimum absolute atomic E-state index is 0.228. The van der Waals surface area contributed by atoms with E-state index in [0.717, 1.165) is 17.9 Å². The van der Waals surface area contributed by atoms with Gasteiger partial charge in [-0.1, -0.05) is 26.0 Å². The SMILES string of the molecule is Cc1ccc(CN=C(N)NCC(C)C)c(OC(C)(C)C)c1. The maximum Gasteiger partial charge on any atom is 0.188 e. The number of ether oxygens (including phenoxy) is 1. The van der Waals surface area contributed by atoms with Gasteiger partial charge in [0.15, 0.2) is 5.96 Å². The van der Waals surface area contributed by atoms with Crippen LogP contribution in [-0.2, 0) is 6.54 Å². The fraction of sp³-hybridized carbons (Fsp3) is 0.588. The van der Waals surface area contributed by atoms with Gasteiger partial charge in [0.05, 0.1) is 6.54 Å². The van der Waals surface area contributed by atoms with Crippen molar-refractivity contribution in [3.8, 4) is 5.75 Å². The van der Waals surface area contributed by atoms with Crippen LogP contribution < -0.4 is 15.8 Å². The Morgan fingerprint density at radius 2 is 2.00 bits per heavy atom. The number of guanidine groups is 1. The Morgan fingerprint density at radius 1 is 1.33 bits per heavy atom. The van der Waals surface area contributed by atoms with E-state index in [1.54, 1.807) is 0 Å². The van der Waals surface area contributed by atoms with E-state index in [1.165, 1.54) is 5.56 Å². The van der Waals surface area contributed by atoms with Crippen molar-refractivity contribution < 1.29 is 4.74 Å². The van der Waals surface area contributed by atoms with E-state index in [2.05, 4.69) is 43.2 Å². The molecule has 0 aliphatic rings. The largest absolute Gasteiger partial charge is 0.488 e. The molecule has 118 valence electrons. The molecule has 0 amide bonds. The zero-order chi connectivity index (χ0) is 16.0. The molecule has 0 aliphatic heterocycles. The molecule has 1 aromatic carbocycles. The van der Waals surface area contributed by atoms with Gasteiger partial charge in [-0.15, -0.1) is 0 Å². The summed E-state index contributed by atoms with van der Waals surface area (Å²) in [4.78, 5) is 4.39. The summed E-state index contributed by atoms with van der Waals surface area (Å²) in [5.74, 6) is 1.90. The number of hydrogen-bond donors (Lipinski definition) is 2. The molecule has 0 spiro atoms. The molecule has 0 aliphatic carbocycles. The Balaban J connectivity index is 2.80. The van der Waals surface area contributed by atoms with E-state index < -0.39 is 0 Å². The lowest BCUT2D eigenvalue weighted by Gasteiger charge is -2.23. The van der Waals surface area contributed by atoms with Crippen LogP contribution in [0.15, 0.2) is 23.2 Å². The first-order valence-electron chi connectivity index (χ1n) is 7.49. The Kier molecular flexibility index (Phi) is 6.06. The highest BCUT2D eigenvalue weighted by molar-refractivity contribution is 5.77. The zero-order valence-corrected chi connectivity index (χ0v) is 14.2. The minimum Gasteiger partial charge on any atom is -0.488 e. The minimum atomic E-state index is -0.228. The van der Waals surface area contributed by atoms with Crippen LogP contribution in [0.25, 0.3) is 0 Å². The molecule has 0 bridgehead atoms. The predicted octanol–water partition coefficient (Wildman–Crippen LogP) is 3.23. The second kappa shape index (κ2) is 7.34. The third-order valence-electron chi connectivity index (χ3n) is 2.75. The van der Waals surface area contributed by atoms with Gasteiger partial charge in [-0.3, -0.25) is 0 Å². The molecule has 3 N–H and O–H groups in total.